The summed E-state index contributed by atoms with van der Waals surface area (Å²) in [5, 5.41) is 18.1. The molecule has 1 aromatic heterocycles. The second-order valence-electron chi connectivity index (χ2n) is 4.69. The minimum absolute atomic E-state index is 0.0174. The van der Waals surface area contributed by atoms with Crippen LogP contribution < -0.4 is 10.6 Å². The number of anilines is 1. The van der Waals surface area contributed by atoms with Crippen molar-refractivity contribution < 1.29 is 14.7 Å². The van der Waals surface area contributed by atoms with E-state index in [1.54, 1.807) is 7.05 Å². The SMILES string of the molecule is Cn1ncnc1NC(=O)NC1CCC(C(=O)O)CC1. The van der Waals surface area contributed by atoms with Gasteiger partial charge in [0.15, 0.2) is 0 Å². The fourth-order valence-electron chi connectivity index (χ4n) is 2.22. The van der Waals surface area contributed by atoms with Gasteiger partial charge < -0.3 is 10.4 Å². The van der Waals surface area contributed by atoms with Crippen LogP contribution in [0.25, 0.3) is 0 Å². The van der Waals surface area contributed by atoms with Crippen molar-refractivity contribution in [3.63, 3.8) is 0 Å². The van der Waals surface area contributed by atoms with Crippen LogP contribution in [0.2, 0.25) is 0 Å². The predicted octanol–water partition coefficient (Wildman–Crippen LogP) is 0.580. The first kappa shape index (κ1) is 13.3. The van der Waals surface area contributed by atoms with E-state index in [1.165, 1.54) is 11.0 Å². The molecule has 1 aliphatic carbocycles. The third-order valence-corrected chi connectivity index (χ3v) is 3.35. The molecule has 2 amide bonds. The van der Waals surface area contributed by atoms with E-state index in [2.05, 4.69) is 20.7 Å². The van der Waals surface area contributed by atoms with Crippen molar-refractivity contribution in [2.45, 2.75) is 31.7 Å². The van der Waals surface area contributed by atoms with Gasteiger partial charge in [0.05, 0.1) is 5.92 Å². The van der Waals surface area contributed by atoms with Gasteiger partial charge in [-0.25, -0.2) is 9.48 Å². The molecule has 0 radical (unpaired) electrons. The second-order valence-corrected chi connectivity index (χ2v) is 4.69. The number of hydrogen-bond acceptors (Lipinski definition) is 4. The molecule has 8 nitrogen and oxygen atoms in total. The molecule has 0 bridgehead atoms. The zero-order valence-electron chi connectivity index (χ0n) is 10.7. The Balaban J connectivity index is 1.78. The molecular formula is C11H17N5O3. The van der Waals surface area contributed by atoms with Gasteiger partial charge in [-0.1, -0.05) is 0 Å². The van der Waals surface area contributed by atoms with Gasteiger partial charge in [-0.15, -0.1) is 0 Å². The molecule has 0 atom stereocenters. The number of aliphatic carboxylic acids is 1. The van der Waals surface area contributed by atoms with E-state index in [9.17, 15) is 9.59 Å². The molecule has 2 rings (SSSR count). The molecular weight excluding hydrogens is 250 g/mol. The molecule has 1 heterocycles. The Morgan fingerprint density at radius 2 is 2.05 bits per heavy atom. The van der Waals surface area contributed by atoms with Crippen LogP contribution in [0, 0.1) is 5.92 Å². The second kappa shape index (κ2) is 5.68. The summed E-state index contributed by atoms with van der Waals surface area (Å²) < 4.78 is 1.46. The number of aryl methyl sites for hydroxylation is 1. The Hall–Kier alpha value is -2.12. The molecule has 0 saturated heterocycles. The molecule has 1 aliphatic rings. The quantitative estimate of drug-likeness (QED) is 0.742. The van der Waals surface area contributed by atoms with Crippen LogP contribution in [-0.4, -0.2) is 37.9 Å². The van der Waals surface area contributed by atoms with Gasteiger partial charge in [0.25, 0.3) is 0 Å². The van der Waals surface area contributed by atoms with Gasteiger partial charge in [-0.05, 0) is 25.7 Å². The van der Waals surface area contributed by atoms with E-state index < -0.39 is 5.97 Å². The maximum Gasteiger partial charge on any atom is 0.321 e. The highest BCUT2D eigenvalue weighted by Gasteiger charge is 2.26. The third-order valence-electron chi connectivity index (χ3n) is 3.35. The van der Waals surface area contributed by atoms with Crippen LogP contribution in [0.5, 0.6) is 0 Å². The lowest BCUT2D eigenvalue weighted by Gasteiger charge is -2.26. The third kappa shape index (κ3) is 3.43. The summed E-state index contributed by atoms with van der Waals surface area (Å²) in [4.78, 5) is 26.4. The van der Waals surface area contributed by atoms with Crippen molar-refractivity contribution in [3.8, 4) is 0 Å². The van der Waals surface area contributed by atoms with Crippen LogP contribution in [0.15, 0.2) is 6.33 Å². The Bertz CT molecular complexity index is 465. The Labute approximate surface area is 110 Å². The van der Waals surface area contributed by atoms with Gasteiger partial charge in [-0.3, -0.25) is 10.1 Å². The van der Waals surface area contributed by atoms with Gasteiger partial charge in [0.1, 0.15) is 6.33 Å². The zero-order valence-corrected chi connectivity index (χ0v) is 10.7. The van der Waals surface area contributed by atoms with E-state index >= 15 is 0 Å². The summed E-state index contributed by atoms with van der Waals surface area (Å²) in [5.41, 5.74) is 0. The van der Waals surface area contributed by atoms with Crippen LogP contribution >= 0.6 is 0 Å². The maximum atomic E-state index is 11.7. The van der Waals surface area contributed by atoms with Crippen molar-refractivity contribution in [2.75, 3.05) is 5.32 Å². The fraction of sp³-hybridized carbons (Fsp3) is 0.636. The summed E-state index contributed by atoms with van der Waals surface area (Å²) in [5.74, 6) is -0.654. The summed E-state index contributed by atoms with van der Waals surface area (Å²) in [6.45, 7) is 0. The highest BCUT2D eigenvalue weighted by atomic mass is 16.4. The minimum atomic E-state index is -0.748. The number of carboxylic acids is 1. The Kier molecular flexibility index (Phi) is 3.98. The van der Waals surface area contributed by atoms with Crippen LogP contribution in [-0.2, 0) is 11.8 Å². The van der Waals surface area contributed by atoms with E-state index in [4.69, 9.17) is 5.11 Å². The highest BCUT2D eigenvalue weighted by molar-refractivity contribution is 5.87. The summed E-state index contributed by atoms with van der Waals surface area (Å²) in [6.07, 6.45) is 3.93. The first-order chi connectivity index (χ1) is 9.06. The van der Waals surface area contributed by atoms with E-state index in [0.717, 1.165) is 0 Å². The van der Waals surface area contributed by atoms with E-state index in [-0.39, 0.29) is 18.0 Å². The molecule has 8 heteroatoms. The number of aromatic nitrogens is 3. The topological polar surface area (TPSA) is 109 Å². The Morgan fingerprint density at radius 1 is 1.37 bits per heavy atom. The number of carboxylic acid groups (broad SMARTS) is 1. The highest BCUT2D eigenvalue weighted by Crippen LogP contribution is 2.24. The van der Waals surface area contributed by atoms with Crippen molar-refractivity contribution >= 4 is 17.9 Å². The number of rotatable bonds is 3. The number of urea groups is 1. The zero-order chi connectivity index (χ0) is 13.8. The van der Waals surface area contributed by atoms with Gasteiger partial charge in [-0.2, -0.15) is 10.1 Å². The first-order valence-electron chi connectivity index (χ1n) is 6.20. The lowest BCUT2D eigenvalue weighted by molar-refractivity contribution is -0.142. The average molecular weight is 267 g/mol. The number of carbonyl (C=O) groups is 2. The molecule has 3 N–H and O–H groups in total. The molecule has 1 saturated carbocycles. The van der Waals surface area contributed by atoms with Crippen molar-refractivity contribution in [2.24, 2.45) is 13.0 Å². The number of carbonyl (C=O) groups excluding carboxylic acids is 1. The molecule has 0 aromatic carbocycles. The van der Waals surface area contributed by atoms with Crippen LogP contribution in [0.4, 0.5) is 10.7 Å². The van der Waals surface area contributed by atoms with Crippen molar-refractivity contribution in [3.05, 3.63) is 6.33 Å². The van der Waals surface area contributed by atoms with Crippen LogP contribution in [0.1, 0.15) is 25.7 Å². The van der Waals surface area contributed by atoms with Crippen molar-refractivity contribution in [1.82, 2.24) is 20.1 Å². The van der Waals surface area contributed by atoms with E-state index in [0.29, 0.717) is 31.6 Å². The van der Waals surface area contributed by atoms with E-state index in [1.807, 2.05) is 0 Å². The number of nitrogens with one attached hydrogen (secondary N) is 2. The summed E-state index contributed by atoms with van der Waals surface area (Å²) in [7, 11) is 1.68. The number of amides is 2. The maximum absolute atomic E-state index is 11.7. The number of nitrogens with zero attached hydrogens (tertiary/aromatic N) is 3. The summed E-state index contributed by atoms with van der Waals surface area (Å²) >= 11 is 0. The molecule has 0 aliphatic heterocycles. The molecule has 1 aromatic rings. The fourth-order valence-corrected chi connectivity index (χ4v) is 2.22. The number of hydrogen-bond donors (Lipinski definition) is 3. The van der Waals surface area contributed by atoms with Gasteiger partial charge in [0.2, 0.25) is 5.95 Å². The van der Waals surface area contributed by atoms with Gasteiger partial charge in [0, 0.05) is 13.1 Å². The average Bonchev–Trinajstić information content (AvgIpc) is 2.75. The lowest BCUT2D eigenvalue weighted by Crippen LogP contribution is -2.41. The first-order valence-corrected chi connectivity index (χ1v) is 6.20. The monoisotopic (exact) mass is 267 g/mol. The smallest absolute Gasteiger partial charge is 0.321 e. The molecule has 104 valence electrons. The predicted molar refractivity (Wildman–Crippen MR) is 66.5 cm³/mol. The molecule has 0 spiro atoms. The molecule has 19 heavy (non-hydrogen) atoms. The summed E-state index contributed by atoms with van der Waals surface area (Å²) in [6, 6.07) is -0.321. The van der Waals surface area contributed by atoms with Crippen molar-refractivity contribution in [1.29, 1.82) is 0 Å². The molecule has 0 unspecified atom stereocenters. The van der Waals surface area contributed by atoms with Gasteiger partial charge >= 0.3 is 12.0 Å². The Morgan fingerprint density at radius 3 is 2.58 bits per heavy atom. The largest absolute Gasteiger partial charge is 0.481 e. The standard InChI is InChI=1S/C11H17N5O3/c1-16-10(12-6-13-16)15-11(19)14-8-4-2-7(3-5-8)9(17)18/h6-8H,2-5H2,1H3,(H,17,18)(H2,12,13,14,15,19). The van der Waals surface area contributed by atoms with Crippen LogP contribution in [0.3, 0.4) is 0 Å². The normalized spacial score (nSPS) is 22.8. The minimum Gasteiger partial charge on any atom is -0.481 e. The molecule has 1 fully saturated rings. The lowest BCUT2D eigenvalue weighted by atomic mass is 9.86.